The van der Waals surface area contributed by atoms with Crippen LogP contribution in [0.3, 0.4) is 0 Å². The SMILES string of the molecule is C[C@@H]1CN(C(=O)c2sccc2/C=C/C(=O)O)C[C@H](C)O1. The largest absolute Gasteiger partial charge is 0.478 e. The van der Waals surface area contributed by atoms with Gasteiger partial charge < -0.3 is 14.7 Å². The van der Waals surface area contributed by atoms with Crippen LogP contribution in [0.4, 0.5) is 0 Å². The molecule has 0 unspecified atom stereocenters. The third kappa shape index (κ3) is 3.46. The number of aliphatic carboxylic acids is 1. The maximum atomic E-state index is 12.5. The number of hydrogen-bond donors (Lipinski definition) is 1. The van der Waals surface area contributed by atoms with E-state index < -0.39 is 5.97 Å². The molecule has 1 aliphatic rings. The van der Waals surface area contributed by atoms with Gasteiger partial charge in [0.05, 0.1) is 17.1 Å². The van der Waals surface area contributed by atoms with Gasteiger partial charge in [0.1, 0.15) is 0 Å². The van der Waals surface area contributed by atoms with E-state index in [1.165, 1.54) is 17.4 Å². The topological polar surface area (TPSA) is 66.8 Å². The van der Waals surface area contributed by atoms with Crippen molar-refractivity contribution in [1.82, 2.24) is 4.90 Å². The Morgan fingerprint density at radius 3 is 2.65 bits per heavy atom. The summed E-state index contributed by atoms with van der Waals surface area (Å²) >= 11 is 1.33. The van der Waals surface area contributed by atoms with Crippen molar-refractivity contribution < 1.29 is 19.4 Å². The highest BCUT2D eigenvalue weighted by Gasteiger charge is 2.28. The number of rotatable bonds is 3. The third-order valence-corrected chi connectivity index (χ3v) is 3.92. The van der Waals surface area contributed by atoms with E-state index in [2.05, 4.69) is 0 Å². The van der Waals surface area contributed by atoms with Crippen molar-refractivity contribution in [3.63, 3.8) is 0 Å². The summed E-state index contributed by atoms with van der Waals surface area (Å²) in [5, 5.41) is 10.5. The Balaban J connectivity index is 2.17. The van der Waals surface area contributed by atoms with Crippen LogP contribution in [0.15, 0.2) is 17.5 Å². The van der Waals surface area contributed by atoms with Crippen LogP contribution >= 0.6 is 11.3 Å². The number of nitrogens with zero attached hydrogens (tertiary/aromatic N) is 1. The second kappa shape index (κ2) is 6.19. The molecule has 1 N–H and O–H groups in total. The van der Waals surface area contributed by atoms with Crippen LogP contribution < -0.4 is 0 Å². The quantitative estimate of drug-likeness (QED) is 0.867. The van der Waals surface area contributed by atoms with E-state index >= 15 is 0 Å². The van der Waals surface area contributed by atoms with E-state index in [9.17, 15) is 9.59 Å². The molecule has 6 heteroatoms. The fourth-order valence-corrected chi connectivity index (χ4v) is 3.13. The number of carboxylic acids is 1. The number of ether oxygens (including phenoxy) is 1. The zero-order valence-corrected chi connectivity index (χ0v) is 12.2. The second-order valence-corrected chi connectivity index (χ2v) is 5.76. The minimum Gasteiger partial charge on any atom is -0.478 e. The Hall–Kier alpha value is -1.66. The first-order valence-electron chi connectivity index (χ1n) is 6.40. The molecule has 0 aliphatic carbocycles. The number of carboxylic acid groups (broad SMARTS) is 1. The lowest BCUT2D eigenvalue weighted by molar-refractivity contribution is -0.131. The molecule has 1 amide bonds. The van der Waals surface area contributed by atoms with Crippen LogP contribution in [0.25, 0.3) is 6.08 Å². The molecule has 108 valence electrons. The molecule has 2 atom stereocenters. The average molecular weight is 295 g/mol. The zero-order chi connectivity index (χ0) is 14.7. The molecule has 1 saturated heterocycles. The normalized spacial score (nSPS) is 23.2. The van der Waals surface area contributed by atoms with Crippen molar-refractivity contribution in [2.75, 3.05) is 13.1 Å². The van der Waals surface area contributed by atoms with Gasteiger partial charge in [-0.05, 0) is 36.9 Å². The lowest BCUT2D eigenvalue weighted by Crippen LogP contribution is -2.48. The molecular formula is C14H17NO4S. The Morgan fingerprint density at radius 2 is 2.05 bits per heavy atom. The van der Waals surface area contributed by atoms with Gasteiger partial charge in [-0.25, -0.2) is 4.79 Å². The van der Waals surface area contributed by atoms with E-state index in [0.29, 0.717) is 23.5 Å². The molecule has 0 saturated carbocycles. The fourth-order valence-electron chi connectivity index (χ4n) is 2.27. The van der Waals surface area contributed by atoms with Gasteiger partial charge in [0, 0.05) is 19.2 Å². The van der Waals surface area contributed by atoms with Gasteiger partial charge in [0.15, 0.2) is 0 Å². The highest BCUT2D eigenvalue weighted by Crippen LogP contribution is 2.22. The molecule has 0 spiro atoms. The third-order valence-electron chi connectivity index (χ3n) is 3.00. The molecule has 1 aliphatic heterocycles. The molecule has 1 fully saturated rings. The van der Waals surface area contributed by atoms with E-state index in [4.69, 9.17) is 9.84 Å². The average Bonchev–Trinajstić information content (AvgIpc) is 2.82. The molecule has 0 bridgehead atoms. The molecule has 0 radical (unpaired) electrons. The van der Waals surface area contributed by atoms with Gasteiger partial charge >= 0.3 is 5.97 Å². The maximum Gasteiger partial charge on any atom is 0.328 e. The number of amides is 1. The lowest BCUT2D eigenvalue weighted by atomic mass is 10.2. The van der Waals surface area contributed by atoms with Crippen LogP contribution in [-0.2, 0) is 9.53 Å². The summed E-state index contributed by atoms with van der Waals surface area (Å²) in [6.45, 7) is 5.00. The van der Waals surface area contributed by atoms with Crippen molar-refractivity contribution in [3.05, 3.63) is 28.0 Å². The van der Waals surface area contributed by atoms with Crippen molar-refractivity contribution in [2.45, 2.75) is 26.1 Å². The fraction of sp³-hybridized carbons (Fsp3) is 0.429. The van der Waals surface area contributed by atoms with Gasteiger partial charge in [-0.15, -0.1) is 11.3 Å². The molecule has 20 heavy (non-hydrogen) atoms. The molecule has 1 aromatic heterocycles. The standard InChI is InChI=1S/C14H17NO4S/c1-9-7-15(8-10(2)19-9)14(18)13-11(5-6-20-13)3-4-12(16)17/h3-6,9-10H,7-8H2,1-2H3,(H,16,17)/b4-3+/t9-,10+. The summed E-state index contributed by atoms with van der Waals surface area (Å²) in [5.74, 6) is -1.09. The second-order valence-electron chi connectivity index (χ2n) is 4.84. The van der Waals surface area contributed by atoms with E-state index in [0.717, 1.165) is 6.08 Å². The van der Waals surface area contributed by atoms with Crippen molar-refractivity contribution >= 4 is 29.3 Å². The number of carbonyl (C=O) groups is 2. The number of thiophene rings is 1. The van der Waals surface area contributed by atoms with Gasteiger partial charge in [-0.2, -0.15) is 0 Å². The predicted molar refractivity (Wildman–Crippen MR) is 76.9 cm³/mol. The Labute approximate surface area is 121 Å². The first-order chi connectivity index (χ1) is 9.47. The number of carbonyl (C=O) groups excluding carboxylic acids is 1. The molecule has 5 nitrogen and oxygen atoms in total. The van der Waals surface area contributed by atoms with E-state index in [1.807, 2.05) is 13.8 Å². The van der Waals surface area contributed by atoms with Crippen LogP contribution in [0, 0.1) is 0 Å². The summed E-state index contributed by atoms with van der Waals surface area (Å²) in [6, 6.07) is 1.75. The summed E-state index contributed by atoms with van der Waals surface area (Å²) < 4.78 is 5.61. The first kappa shape index (κ1) is 14.7. The minimum absolute atomic E-state index is 0.0145. The smallest absolute Gasteiger partial charge is 0.328 e. The molecular weight excluding hydrogens is 278 g/mol. The number of morpholine rings is 1. The van der Waals surface area contributed by atoms with Gasteiger partial charge in [0.2, 0.25) is 0 Å². The van der Waals surface area contributed by atoms with E-state index in [-0.39, 0.29) is 18.1 Å². The number of hydrogen-bond acceptors (Lipinski definition) is 4. The van der Waals surface area contributed by atoms with Crippen molar-refractivity contribution in [1.29, 1.82) is 0 Å². The maximum absolute atomic E-state index is 12.5. The lowest BCUT2D eigenvalue weighted by Gasteiger charge is -2.35. The van der Waals surface area contributed by atoms with Gasteiger partial charge in [-0.1, -0.05) is 0 Å². The van der Waals surface area contributed by atoms with Crippen molar-refractivity contribution in [3.8, 4) is 0 Å². The first-order valence-corrected chi connectivity index (χ1v) is 7.28. The minimum atomic E-state index is -1.02. The van der Waals surface area contributed by atoms with Crippen LogP contribution in [0.5, 0.6) is 0 Å². The Morgan fingerprint density at radius 1 is 1.40 bits per heavy atom. The summed E-state index contributed by atoms with van der Waals surface area (Å²) in [4.78, 5) is 25.4. The van der Waals surface area contributed by atoms with E-state index in [1.54, 1.807) is 16.3 Å². The van der Waals surface area contributed by atoms with Crippen LogP contribution in [0.2, 0.25) is 0 Å². The molecule has 2 rings (SSSR count). The van der Waals surface area contributed by atoms with Crippen LogP contribution in [0.1, 0.15) is 29.1 Å². The summed E-state index contributed by atoms with van der Waals surface area (Å²) in [7, 11) is 0. The van der Waals surface area contributed by atoms with Gasteiger partial charge in [0.25, 0.3) is 5.91 Å². The summed E-state index contributed by atoms with van der Waals surface area (Å²) in [6.07, 6.45) is 2.53. The molecule has 2 heterocycles. The summed E-state index contributed by atoms with van der Waals surface area (Å²) in [5.41, 5.74) is 0.647. The van der Waals surface area contributed by atoms with Crippen molar-refractivity contribution in [2.24, 2.45) is 0 Å². The molecule has 0 aromatic carbocycles. The zero-order valence-electron chi connectivity index (χ0n) is 11.4. The monoisotopic (exact) mass is 295 g/mol. The van der Waals surface area contributed by atoms with Gasteiger partial charge in [-0.3, -0.25) is 4.79 Å². The molecule has 1 aromatic rings. The highest BCUT2D eigenvalue weighted by atomic mass is 32.1. The highest BCUT2D eigenvalue weighted by molar-refractivity contribution is 7.12. The Kier molecular flexibility index (Phi) is 4.57. The Bertz CT molecular complexity index is 527. The predicted octanol–water partition coefficient (Wildman–Crippen LogP) is 2.10. The van der Waals surface area contributed by atoms with Crippen LogP contribution in [-0.4, -0.2) is 47.2 Å².